The number of hydrogen-bond donors (Lipinski definition) is 1. The molecule has 2 aromatic heterocycles. The summed E-state index contributed by atoms with van der Waals surface area (Å²) in [5, 5.41) is 16.1. The van der Waals surface area contributed by atoms with Crippen LogP contribution in [0.5, 0.6) is 0 Å². The molecule has 0 aliphatic heterocycles. The fraction of sp³-hybridized carbons (Fsp3) is 0.286. The molecule has 7 heteroatoms. The second-order valence-electron chi connectivity index (χ2n) is 4.72. The van der Waals surface area contributed by atoms with Crippen molar-refractivity contribution in [2.24, 2.45) is 5.73 Å². The minimum Gasteiger partial charge on any atom is -0.419 e. The van der Waals surface area contributed by atoms with Gasteiger partial charge < -0.3 is 10.2 Å². The van der Waals surface area contributed by atoms with Gasteiger partial charge in [0, 0.05) is 5.56 Å². The Kier molecular flexibility index (Phi) is 3.74. The number of nitrogens with two attached hydrogens (primary N) is 1. The minimum atomic E-state index is -0.0960. The maximum atomic E-state index is 5.91. The Balaban J connectivity index is 1.74. The van der Waals surface area contributed by atoms with Gasteiger partial charge in [0.15, 0.2) is 0 Å². The summed E-state index contributed by atoms with van der Waals surface area (Å²) in [6.07, 6.45) is 2.62. The predicted molar refractivity (Wildman–Crippen MR) is 76.1 cm³/mol. The van der Waals surface area contributed by atoms with E-state index >= 15 is 0 Å². The van der Waals surface area contributed by atoms with Crippen LogP contribution in [0, 0.1) is 0 Å². The van der Waals surface area contributed by atoms with E-state index < -0.39 is 0 Å². The third-order valence-corrected chi connectivity index (χ3v) is 3.16. The number of hydrogen-bond acceptors (Lipinski definition) is 6. The molecule has 0 amide bonds. The van der Waals surface area contributed by atoms with E-state index in [1.54, 1.807) is 10.9 Å². The second kappa shape index (κ2) is 5.84. The zero-order chi connectivity index (χ0) is 14.7. The van der Waals surface area contributed by atoms with Crippen molar-refractivity contribution in [2.45, 2.75) is 25.9 Å². The SMILES string of the molecule is CCC(N)c1cn(Cc2nnc(-c3ccccc3)o2)nn1. The monoisotopic (exact) mass is 284 g/mol. The zero-order valence-corrected chi connectivity index (χ0v) is 11.7. The van der Waals surface area contributed by atoms with E-state index in [0.29, 0.717) is 18.3 Å². The summed E-state index contributed by atoms with van der Waals surface area (Å²) >= 11 is 0. The summed E-state index contributed by atoms with van der Waals surface area (Å²) in [6, 6.07) is 9.54. The molecule has 21 heavy (non-hydrogen) atoms. The van der Waals surface area contributed by atoms with Crippen molar-refractivity contribution in [1.82, 2.24) is 25.2 Å². The topological polar surface area (TPSA) is 95.7 Å². The molecular weight excluding hydrogens is 268 g/mol. The first-order valence-corrected chi connectivity index (χ1v) is 6.79. The molecule has 0 fully saturated rings. The summed E-state index contributed by atoms with van der Waals surface area (Å²) in [4.78, 5) is 0. The molecule has 108 valence electrons. The summed E-state index contributed by atoms with van der Waals surface area (Å²) in [5.41, 5.74) is 7.57. The molecule has 0 saturated carbocycles. The van der Waals surface area contributed by atoms with Crippen LogP contribution in [0.1, 0.15) is 31.0 Å². The summed E-state index contributed by atoms with van der Waals surface area (Å²) in [7, 11) is 0. The average Bonchev–Trinajstić information content (AvgIpc) is 3.17. The highest BCUT2D eigenvalue weighted by Gasteiger charge is 2.12. The van der Waals surface area contributed by atoms with E-state index in [4.69, 9.17) is 10.2 Å². The summed E-state index contributed by atoms with van der Waals surface area (Å²) in [5.74, 6) is 0.978. The molecule has 0 radical (unpaired) electrons. The van der Waals surface area contributed by atoms with Crippen LogP contribution in [0.4, 0.5) is 0 Å². The molecule has 2 N–H and O–H groups in total. The Morgan fingerprint density at radius 1 is 1.19 bits per heavy atom. The van der Waals surface area contributed by atoms with Gasteiger partial charge in [-0.05, 0) is 18.6 Å². The first-order valence-electron chi connectivity index (χ1n) is 6.79. The van der Waals surface area contributed by atoms with Crippen molar-refractivity contribution in [3.8, 4) is 11.5 Å². The van der Waals surface area contributed by atoms with Crippen molar-refractivity contribution in [3.05, 3.63) is 48.1 Å². The Bertz CT molecular complexity index is 705. The van der Waals surface area contributed by atoms with E-state index in [1.807, 2.05) is 37.3 Å². The van der Waals surface area contributed by atoms with Crippen LogP contribution < -0.4 is 5.73 Å². The van der Waals surface area contributed by atoms with Crippen LogP contribution in [0.3, 0.4) is 0 Å². The fourth-order valence-electron chi connectivity index (χ4n) is 1.92. The van der Waals surface area contributed by atoms with Gasteiger partial charge in [0.1, 0.15) is 6.54 Å². The van der Waals surface area contributed by atoms with Crippen LogP contribution in [0.2, 0.25) is 0 Å². The molecule has 1 unspecified atom stereocenters. The van der Waals surface area contributed by atoms with Crippen LogP contribution in [-0.2, 0) is 6.54 Å². The molecule has 0 saturated heterocycles. The van der Waals surface area contributed by atoms with Gasteiger partial charge in [-0.3, -0.25) is 0 Å². The fourth-order valence-corrected chi connectivity index (χ4v) is 1.92. The van der Waals surface area contributed by atoms with Crippen molar-refractivity contribution in [3.63, 3.8) is 0 Å². The molecule has 7 nitrogen and oxygen atoms in total. The lowest BCUT2D eigenvalue weighted by Crippen LogP contribution is -2.08. The van der Waals surface area contributed by atoms with E-state index in [0.717, 1.165) is 17.7 Å². The third-order valence-electron chi connectivity index (χ3n) is 3.16. The summed E-state index contributed by atoms with van der Waals surface area (Å²) in [6.45, 7) is 2.39. The van der Waals surface area contributed by atoms with Gasteiger partial charge in [-0.15, -0.1) is 15.3 Å². The third kappa shape index (κ3) is 2.97. The van der Waals surface area contributed by atoms with Gasteiger partial charge in [0.25, 0.3) is 0 Å². The van der Waals surface area contributed by atoms with Crippen LogP contribution in [0.15, 0.2) is 40.9 Å². The van der Waals surface area contributed by atoms with E-state index in [9.17, 15) is 0 Å². The Hall–Kier alpha value is -2.54. The van der Waals surface area contributed by atoms with Gasteiger partial charge in [-0.2, -0.15) is 0 Å². The summed E-state index contributed by atoms with van der Waals surface area (Å²) < 4.78 is 7.27. The smallest absolute Gasteiger partial charge is 0.247 e. The number of rotatable bonds is 5. The van der Waals surface area contributed by atoms with Crippen LogP contribution in [0.25, 0.3) is 11.5 Å². The Morgan fingerprint density at radius 3 is 2.76 bits per heavy atom. The van der Waals surface area contributed by atoms with E-state index in [2.05, 4.69) is 20.5 Å². The highest BCUT2D eigenvalue weighted by atomic mass is 16.4. The van der Waals surface area contributed by atoms with E-state index in [-0.39, 0.29) is 6.04 Å². The predicted octanol–water partition coefficient (Wildman–Crippen LogP) is 1.79. The van der Waals surface area contributed by atoms with Gasteiger partial charge in [0.05, 0.1) is 17.9 Å². The largest absolute Gasteiger partial charge is 0.419 e. The standard InChI is InChI=1S/C14H16N6O/c1-2-11(15)12-8-20(19-16-12)9-13-17-18-14(21-13)10-6-4-3-5-7-10/h3-8,11H,2,9,15H2,1H3. The molecule has 0 aliphatic carbocycles. The molecular formula is C14H16N6O. The zero-order valence-electron chi connectivity index (χ0n) is 11.7. The molecule has 1 atom stereocenters. The molecule has 0 aliphatic rings. The minimum absolute atomic E-state index is 0.0960. The molecule has 3 rings (SSSR count). The second-order valence-corrected chi connectivity index (χ2v) is 4.72. The first kappa shape index (κ1) is 13.4. The van der Waals surface area contributed by atoms with Gasteiger partial charge in [-0.25, -0.2) is 4.68 Å². The van der Waals surface area contributed by atoms with Crippen molar-refractivity contribution in [2.75, 3.05) is 0 Å². The lowest BCUT2D eigenvalue weighted by Gasteiger charge is -2.01. The maximum absolute atomic E-state index is 5.91. The molecule has 1 aromatic carbocycles. The van der Waals surface area contributed by atoms with Gasteiger partial charge >= 0.3 is 0 Å². The number of nitrogens with zero attached hydrogens (tertiary/aromatic N) is 5. The average molecular weight is 284 g/mol. The highest BCUT2D eigenvalue weighted by Crippen LogP contribution is 2.17. The normalized spacial score (nSPS) is 12.5. The van der Waals surface area contributed by atoms with E-state index in [1.165, 1.54) is 0 Å². The lowest BCUT2D eigenvalue weighted by atomic mass is 10.2. The van der Waals surface area contributed by atoms with Crippen LogP contribution >= 0.6 is 0 Å². The Labute approximate surface area is 121 Å². The van der Waals surface area contributed by atoms with Crippen molar-refractivity contribution in [1.29, 1.82) is 0 Å². The van der Waals surface area contributed by atoms with Gasteiger partial charge in [-0.1, -0.05) is 30.3 Å². The van der Waals surface area contributed by atoms with Crippen LogP contribution in [-0.4, -0.2) is 25.2 Å². The highest BCUT2D eigenvalue weighted by molar-refractivity contribution is 5.51. The molecule has 0 spiro atoms. The lowest BCUT2D eigenvalue weighted by molar-refractivity contribution is 0.469. The molecule has 0 bridgehead atoms. The number of benzene rings is 1. The molecule has 2 heterocycles. The maximum Gasteiger partial charge on any atom is 0.247 e. The quantitative estimate of drug-likeness (QED) is 0.767. The number of aromatic nitrogens is 5. The molecule has 3 aromatic rings. The van der Waals surface area contributed by atoms with Gasteiger partial charge in [0.2, 0.25) is 11.8 Å². The Morgan fingerprint density at radius 2 is 2.00 bits per heavy atom. The van der Waals surface area contributed by atoms with Crippen molar-refractivity contribution < 1.29 is 4.42 Å². The van der Waals surface area contributed by atoms with Crippen molar-refractivity contribution >= 4 is 0 Å². The first-order chi connectivity index (χ1) is 10.3.